The van der Waals surface area contributed by atoms with E-state index in [0.717, 1.165) is 18.7 Å². The lowest BCUT2D eigenvalue weighted by atomic mass is 9.81. The Morgan fingerprint density at radius 2 is 1.81 bits per heavy atom. The van der Waals surface area contributed by atoms with E-state index < -0.39 is 0 Å². The molecule has 0 saturated heterocycles. The van der Waals surface area contributed by atoms with Crippen LogP contribution in [0, 0.1) is 12.8 Å². The highest BCUT2D eigenvalue weighted by Crippen LogP contribution is 2.37. The van der Waals surface area contributed by atoms with E-state index in [2.05, 4.69) is 24.3 Å². The summed E-state index contributed by atoms with van der Waals surface area (Å²) in [4.78, 5) is 18.2. The summed E-state index contributed by atoms with van der Waals surface area (Å²) in [5, 5.41) is 0.604. The quantitative estimate of drug-likeness (QED) is 0.712. The lowest BCUT2D eigenvalue weighted by Crippen LogP contribution is -2.34. The fourth-order valence-corrected chi connectivity index (χ4v) is 4.39. The van der Waals surface area contributed by atoms with Crippen molar-refractivity contribution in [2.24, 2.45) is 5.92 Å². The van der Waals surface area contributed by atoms with Crippen molar-refractivity contribution < 1.29 is 0 Å². The Bertz CT molecular complexity index is 972. The van der Waals surface area contributed by atoms with Gasteiger partial charge < -0.3 is 5.73 Å². The van der Waals surface area contributed by atoms with Gasteiger partial charge >= 0.3 is 0 Å². The molecule has 1 aliphatic carbocycles. The highest BCUT2D eigenvalue weighted by molar-refractivity contribution is 5.81. The molecule has 134 valence electrons. The summed E-state index contributed by atoms with van der Waals surface area (Å²) in [6, 6.07) is 15.8. The molecule has 1 atom stereocenters. The van der Waals surface area contributed by atoms with Crippen LogP contribution in [-0.2, 0) is 0 Å². The van der Waals surface area contributed by atoms with Gasteiger partial charge in [0.1, 0.15) is 5.82 Å². The minimum Gasteiger partial charge on any atom is -0.399 e. The van der Waals surface area contributed by atoms with Crippen molar-refractivity contribution in [3.8, 4) is 0 Å². The van der Waals surface area contributed by atoms with Crippen LogP contribution in [0.25, 0.3) is 10.9 Å². The molecule has 0 radical (unpaired) electrons. The third-order valence-electron chi connectivity index (χ3n) is 5.62. The van der Waals surface area contributed by atoms with Gasteiger partial charge in [0.15, 0.2) is 0 Å². The van der Waals surface area contributed by atoms with Gasteiger partial charge in [0, 0.05) is 5.69 Å². The fourth-order valence-electron chi connectivity index (χ4n) is 4.39. The molecule has 4 nitrogen and oxygen atoms in total. The van der Waals surface area contributed by atoms with Gasteiger partial charge in [-0.2, -0.15) is 0 Å². The average Bonchev–Trinajstić information content (AvgIpc) is 2.67. The second kappa shape index (κ2) is 6.94. The van der Waals surface area contributed by atoms with Crippen LogP contribution in [0.3, 0.4) is 0 Å². The molecule has 2 aromatic carbocycles. The molecular formula is C22H25N3O. The van der Waals surface area contributed by atoms with E-state index in [1.165, 1.54) is 24.8 Å². The normalized spacial score (nSPS) is 16.7. The Morgan fingerprint density at radius 3 is 2.54 bits per heavy atom. The monoisotopic (exact) mass is 347 g/mol. The van der Waals surface area contributed by atoms with Crippen molar-refractivity contribution in [1.82, 2.24) is 9.55 Å². The summed E-state index contributed by atoms with van der Waals surface area (Å²) < 4.78 is 1.91. The second-order valence-corrected chi connectivity index (χ2v) is 7.36. The zero-order valence-electron chi connectivity index (χ0n) is 15.2. The molecule has 0 spiro atoms. The second-order valence-electron chi connectivity index (χ2n) is 7.36. The van der Waals surface area contributed by atoms with Crippen molar-refractivity contribution in [3.63, 3.8) is 0 Å². The smallest absolute Gasteiger partial charge is 0.262 e. The van der Waals surface area contributed by atoms with Gasteiger partial charge in [-0.15, -0.1) is 0 Å². The molecule has 0 bridgehead atoms. The van der Waals surface area contributed by atoms with E-state index in [-0.39, 0.29) is 11.6 Å². The molecule has 1 saturated carbocycles. The number of fused-ring (bicyclic) bond motifs is 1. The number of hydrogen-bond acceptors (Lipinski definition) is 3. The summed E-state index contributed by atoms with van der Waals surface area (Å²) in [5.74, 6) is 1.23. The molecule has 1 heterocycles. The Labute approximate surface area is 153 Å². The number of hydrogen-bond donors (Lipinski definition) is 1. The van der Waals surface area contributed by atoms with E-state index in [0.29, 0.717) is 22.5 Å². The van der Waals surface area contributed by atoms with Gasteiger partial charge in [-0.3, -0.25) is 9.36 Å². The van der Waals surface area contributed by atoms with Crippen LogP contribution in [0.1, 0.15) is 49.5 Å². The molecule has 1 aliphatic rings. The van der Waals surface area contributed by atoms with Crippen LogP contribution >= 0.6 is 0 Å². The van der Waals surface area contributed by atoms with Crippen LogP contribution in [0.15, 0.2) is 53.3 Å². The molecule has 1 fully saturated rings. The molecule has 4 rings (SSSR count). The lowest BCUT2D eigenvalue weighted by molar-refractivity contribution is 0.272. The molecule has 1 aromatic heterocycles. The molecular weight excluding hydrogens is 322 g/mol. The number of nitrogen functional groups attached to an aromatic ring is 1. The lowest BCUT2D eigenvalue weighted by Gasteiger charge is -2.33. The maximum atomic E-state index is 13.4. The first kappa shape index (κ1) is 16.8. The van der Waals surface area contributed by atoms with Crippen LogP contribution in [-0.4, -0.2) is 9.55 Å². The van der Waals surface area contributed by atoms with Gasteiger partial charge in [-0.25, -0.2) is 4.98 Å². The van der Waals surface area contributed by atoms with Gasteiger partial charge in [0.25, 0.3) is 5.56 Å². The highest BCUT2D eigenvalue weighted by atomic mass is 16.1. The number of aromatic nitrogens is 2. The van der Waals surface area contributed by atoms with E-state index in [9.17, 15) is 4.79 Å². The maximum absolute atomic E-state index is 13.4. The summed E-state index contributed by atoms with van der Waals surface area (Å²) >= 11 is 0. The van der Waals surface area contributed by atoms with Gasteiger partial charge in [0.05, 0.1) is 16.9 Å². The molecule has 0 amide bonds. The Balaban J connectivity index is 1.94. The molecule has 4 heteroatoms. The number of rotatable bonds is 3. The SMILES string of the molecule is Cc1nc2ccc(N)cc2c(=O)n1C(c1ccccc1)C1CCCCC1. The van der Waals surface area contributed by atoms with E-state index in [4.69, 9.17) is 10.7 Å². The van der Waals surface area contributed by atoms with Crippen molar-refractivity contribution >= 4 is 16.6 Å². The topological polar surface area (TPSA) is 60.9 Å². The first-order valence-corrected chi connectivity index (χ1v) is 9.48. The number of anilines is 1. The zero-order chi connectivity index (χ0) is 18.1. The summed E-state index contributed by atoms with van der Waals surface area (Å²) in [6.45, 7) is 1.94. The Kier molecular flexibility index (Phi) is 4.49. The summed E-state index contributed by atoms with van der Waals surface area (Å²) in [7, 11) is 0. The van der Waals surface area contributed by atoms with Gasteiger partial charge in [0.2, 0.25) is 0 Å². The third kappa shape index (κ3) is 3.00. The minimum absolute atomic E-state index is 0.0132. The summed E-state index contributed by atoms with van der Waals surface area (Å²) in [5.41, 5.74) is 8.45. The fraction of sp³-hybridized carbons (Fsp3) is 0.364. The predicted molar refractivity (Wildman–Crippen MR) is 106 cm³/mol. The van der Waals surface area contributed by atoms with Gasteiger partial charge in [-0.1, -0.05) is 49.6 Å². The van der Waals surface area contributed by atoms with E-state index in [1.54, 1.807) is 12.1 Å². The highest BCUT2D eigenvalue weighted by Gasteiger charge is 2.29. The van der Waals surface area contributed by atoms with Crippen molar-refractivity contribution in [2.45, 2.75) is 45.1 Å². The minimum atomic E-state index is 0.0132. The maximum Gasteiger partial charge on any atom is 0.262 e. The molecule has 0 aliphatic heterocycles. The van der Waals surface area contributed by atoms with Crippen LogP contribution in [0.5, 0.6) is 0 Å². The number of nitrogens with zero attached hydrogens (tertiary/aromatic N) is 2. The zero-order valence-corrected chi connectivity index (χ0v) is 15.2. The van der Waals surface area contributed by atoms with Crippen LogP contribution < -0.4 is 11.3 Å². The molecule has 2 N–H and O–H groups in total. The molecule has 26 heavy (non-hydrogen) atoms. The molecule has 3 aromatic rings. The number of aryl methyl sites for hydroxylation is 1. The number of nitrogens with two attached hydrogens (primary N) is 1. The van der Waals surface area contributed by atoms with Crippen LogP contribution in [0.2, 0.25) is 0 Å². The van der Waals surface area contributed by atoms with Gasteiger partial charge in [-0.05, 0) is 49.4 Å². The van der Waals surface area contributed by atoms with E-state index >= 15 is 0 Å². The van der Waals surface area contributed by atoms with Crippen molar-refractivity contribution in [1.29, 1.82) is 0 Å². The Morgan fingerprint density at radius 1 is 1.08 bits per heavy atom. The average molecular weight is 347 g/mol. The van der Waals surface area contributed by atoms with Crippen LogP contribution in [0.4, 0.5) is 5.69 Å². The summed E-state index contributed by atoms with van der Waals surface area (Å²) in [6.07, 6.45) is 6.06. The van der Waals surface area contributed by atoms with Crippen molar-refractivity contribution in [2.75, 3.05) is 5.73 Å². The Hall–Kier alpha value is -2.62. The standard InChI is InChI=1S/C22H25N3O/c1-15-24-20-13-12-18(23)14-19(20)22(26)25(15)21(16-8-4-2-5-9-16)17-10-6-3-7-11-17/h2,4-5,8-9,12-14,17,21H,3,6-7,10-11,23H2,1H3. The first-order valence-electron chi connectivity index (χ1n) is 9.48. The first-order chi connectivity index (χ1) is 12.6. The predicted octanol–water partition coefficient (Wildman–Crippen LogP) is 4.46. The third-order valence-corrected chi connectivity index (χ3v) is 5.62. The van der Waals surface area contributed by atoms with E-state index in [1.807, 2.05) is 23.6 Å². The van der Waals surface area contributed by atoms with Crippen molar-refractivity contribution in [3.05, 3.63) is 70.3 Å². The largest absolute Gasteiger partial charge is 0.399 e. The molecule has 1 unspecified atom stereocenters. The number of benzene rings is 2.